The van der Waals surface area contributed by atoms with E-state index in [9.17, 15) is 13.2 Å². The van der Waals surface area contributed by atoms with Gasteiger partial charge in [-0.1, -0.05) is 0 Å². The van der Waals surface area contributed by atoms with Crippen LogP contribution in [0.5, 0.6) is 0 Å². The Labute approximate surface area is 105 Å². The molecule has 1 saturated heterocycles. The number of nitrogens with one attached hydrogen (secondary N) is 1. The fourth-order valence-corrected chi connectivity index (χ4v) is 4.96. The molecule has 0 spiro atoms. The number of carbonyl (C=O) groups is 1. The molecule has 1 aliphatic heterocycles. The van der Waals surface area contributed by atoms with Crippen molar-refractivity contribution in [1.29, 1.82) is 0 Å². The Bertz CT molecular complexity index is 547. The van der Waals surface area contributed by atoms with Crippen molar-refractivity contribution in [2.75, 3.05) is 11.5 Å². The normalized spacial score (nSPS) is 26.9. The molecule has 0 saturated carbocycles. The van der Waals surface area contributed by atoms with E-state index in [0.717, 1.165) is 5.56 Å². The molecule has 1 atom stereocenters. The third-order valence-electron chi connectivity index (χ3n) is 2.99. The van der Waals surface area contributed by atoms with Crippen LogP contribution in [0.1, 0.15) is 28.6 Å². The molecule has 1 amide bonds. The maximum Gasteiger partial charge on any atom is 0.262 e. The average Bonchev–Trinajstić information content (AvgIpc) is 2.70. The van der Waals surface area contributed by atoms with Crippen LogP contribution in [0.2, 0.25) is 0 Å². The summed E-state index contributed by atoms with van der Waals surface area (Å²) >= 11 is 1.38. The van der Waals surface area contributed by atoms with E-state index in [1.807, 2.05) is 18.4 Å². The molecule has 4 nitrogen and oxygen atoms in total. The predicted molar refractivity (Wildman–Crippen MR) is 68.2 cm³/mol. The number of amides is 1. The second-order valence-electron chi connectivity index (χ2n) is 4.79. The summed E-state index contributed by atoms with van der Waals surface area (Å²) in [6, 6.07) is 1.88. The Kier molecular flexibility index (Phi) is 3.03. The maximum absolute atomic E-state index is 12.0. The van der Waals surface area contributed by atoms with Crippen LogP contribution in [0, 0.1) is 6.92 Å². The van der Waals surface area contributed by atoms with Gasteiger partial charge in [0.2, 0.25) is 0 Å². The zero-order chi connectivity index (χ0) is 12.7. The fourth-order valence-electron chi connectivity index (χ4n) is 2.05. The van der Waals surface area contributed by atoms with Crippen molar-refractivity contribution in [2.45, 2.75) is 25.8 Å². The minimum atomic E-state index is -2.99. The van der Waals surface area contributed by atoms with E-state index in [2.05, 4.69) is 5.32 Å². The molecule has 1 aromatic rings. The quantitative estimate of drug-likeness (QED) is 0.885. The molecule has 94 valence electrons. The van der Waals surface area contributed by atoms with Crippen molar-refractivity contribution < 1.29 is 13.2 Å². The molecule has 1 unspecified atom stereocenters. The van der Waals surface area contributed by atoms with E-state index in [1.165, 1.54) is 11.3 Å². The Morgan fingerprint density at radius 3 is 2.71 bits per heavy atom. The molecule has 0 aromatic carbocycles. The SMILES string of the molecule is Cc1ccsc1C(=O)NC1(C)CCS(=O)(=O)C1. The molecule has 0 aliphatic carbocycles. The van der Waals surface area contributed by atoms with E-state index in [0.29, 0.717) is 11.3 Å². The van der Waals surface area contributed by atoms with Crippen LogP contribution in [-0.2, 0) is 9.84 Å². The van der Waals surface area contributed by atoms with Gasteiger partial charge in [0.15, 0.2) is 9.84 Å². The highest BCUT2D eigenvalue weighted by Gasteiger charge is 2.39. The predicted octanol–water partition coefficient (Wildman–Crippen LogP) is 1.36. The Morgan fingerprint density at radius 2 is 2.24 bits per heavy atom. The van der Waals surface area contributed by atoms with E-state index in [1.54, 1.807) is 6.92 Å². The molecular weight excluding hydrogens is 258 g/mol. The second kappa shape index (κ2) is 4.10. The van der Waals surface area contributed by atoms with Crippen molar-refractivity contribution in [3.63, 3.8) is 0 Å². The fraction of sp³-hybridized carbons (Fsp3) is 0.545. The Morgan fingerprint density at radius 1 is 1.53 bits per heavy atom. The van der Waals surface area contributed by atoms with Gasteiger partial charge in [0.05, 0.1) is 21.9 Å². The largest absolute Gasteiger partial charge is 0.345 e. The van der Waals surface area contributed by atoms with Crippen LogP contribution < -0.4 is 5.32 Å². The van der Waals surface area contributed by atoms with Gasteiger partial charge in [0.1, 0.15) is 0 Å². The lowest BCUT2D eigenvalue weighted by Crippen LogP contribution is -2.46. The van der Waals surface area contributed by atoms with E-state index in [-0.39, 0.29) is 17.4 Å². The van der Waals surface area contributed by atoms with Crippen molar-refractivity contribution in [2.24, 2.45) is 0 Å². The summed E-state index contributed by atoms with van der Waals surface area (Å²) < 4.78 is 22.9. The van der Waals surface area contributed by atoms with Crippen molar-refractivity contribution >= 4 is 27.1 Å². The zero-order valence-electron chi connectivity index (χ0n) is 9.82. The molecule has 2 rings (SSSR count). The van der Waals surface area contributed by atoms with Gasteiger partial charge in [0.25, 0.3) is 5.91 Å². The Balaban J connectivity index is 2.13. The molecule has 6 heteroatoms. The zero-order valence-corrected chi connectivity index (χ0v) is 11.5. The number of carbonyl (C=O) groups excluding carboxylic acids is 1. The molecule has 1 N–H and O–H groups in total. The highest BCUT2D eigenvalue weighted by molar-refractivity contribution is 7.91. The summed E-state index contributed by atoms with van der Waals surface area (Å²) in [6.45, 7) is 3.66. The van der Waals surface area contributed by atoms with Gasteiger partial charge < -0.3 is 5.32 Å². The van der Waals surface area contributed by atoms with Gasteiger partial charge in [0, 0.05) is 0 Å². The summed E-state index contributed by atoms with van der Waals surface area (Å²) in [4.78, 5) is 12.7. The molecule has 1 aliphatic rings. The lowest BCUT2D eigenvalue weighted by molar-refractivity contribution is 0.0919. The topological polar surface area (TPSA) is 63.2 Å². The van der Waals surface area contributed by atoms with Gasteiger partial charge >= 0.3 is 0 Å². The van der Waals surface area contributed by atoms with Crippen molar-refractivity contribution in [1.82, 2.24) is 5.32 Å². The minimum absolute atomic E-state index is 0.0379. The lowest BCUT2D eigenvalue weighted by Gasteiger charge is -2.23. The molecular formula is C11H15NO3S2. The third kappa shape index (κ3) is 2.69. The number of aryl methyl sites for hydroxylation is 1. The van der Waals surface area contributed by atoms with Gasteiger partial charge in [-0.3, -0.25) is 4.79 Å². The van der Waals surface area contributed by atoms with E-state index < -0.39 is 15.4 Å². The molecule has 1 aromatic heterocycles. The van der Waals surface area contributed by atoms with E-state index >= 15 is 0 Å². The highest BCUT2D eigenvalue weighted by Crippen LogP contribution is 2.24. The first kappa shape index (κ1) is 12.6. The average molecular weight is 273 g/mol. The molecule has 2 heterocycles. The third-order valence-corrected chi connectivity index (χ3v) is 5.91. The number of hydrogen-bond acceptors (Lipinski definition) is 4. The van der Waals surface area contributed by atoms with Gasteiger partial charge in [-0.15, -0.1) is 11.3 Å². The number of sulfone groups is 1. The maximum atomic E-state index is 12.0. The first-order valence-electron chi connectivity index (χ1n) is 5.38. The number of thiophene rings is 1. The van der Waals surface area contributed by atoms with E-state index in [4.69, 9.17) is 0 Å². The highest BCUT2D eigenvalue weighted by atomic mass is 32.2. The Hall–Kier alpha value is -0.880. The monoisotopic (exact) mass is 273 g/mol. The molecule has 1 fully saturated rings. The van der Waals surface area contributed by atoms with Crippen LogP contribution in [0.15, 0.2) is 11.4 Å². The first-order valence-corrected chi connectivity index (χ1v) is 8.08. The van der Waals surface area contributed by atoms with Crippen LogP contribution in [0.25, 0.3) is 0 Å². The van der Waals surface area contributed by atoms with Gasteiger partial charge in [-0.05, 0) is 37.3 Å². The summed E-state index contributed by atoms with van der Waals surface area (Å²) in [5.74, 6) is 0.0284. The number of rotatable bonds is 2. The van der Waals surface area contributed by atoms with Crippen LogP contribution in [-0.4, -0.2) is 31.4 Å². The summed E-state index contributed by atoms with van der Waals surface area (Å²) in [6.07, 6.45) is 0.492. The van der Waals surface area contributed by atoms with Gasteiger partial charge in [-0.25, -0.2) is 8.42 Å². The molecule has 0 bridgehead atoms. The van der Waals surface area contributed by atoms with Crippen LogP contribution in [0.4, 0.5) is 0 Å². The van der Waals surface area contributed by atoms with Crippen LogP contribution >= 0.6 is 11.3 Å². The second-order valence-corrected chi connectivity index (χ2v) is 7.89. The number of hydrogen-bond donors (Lipinski definition) is 1. The first-order chi connectivity index (χ1) is 7.81. The lowest BCUT2D eigenvalue weighted by atomic mass is 10.0. The summed E-state index contributed by atoms with van der Waals surface area (Å²) in [7, 11) is -2.99. The van der Waals surface area contributed by atoms with Crippen molar-refractivity contribution in [3.8, 4) is 0 Å². The van der Waals surface area contributed by atoms with Crippen LogP contribution in [0.3, 0.4) is 0 Å². The summed E-state index contributed by atoms with van der Waals surface area (Å²) in [5, 5.41) is 4.71. The molecule has 0 radical (unpaired) electrons. The summed E-state index contributed by atoms with van der Waals surface area (Å²) in [5.41, 5.74) is 0.309. The minimum Gasteiger partial charge on any atom is -0.345 e. The van der Waals surface area contributed by atoms with Crippen molar-refractivity contribution in [3.05, 3.63) is 21.9 Å². The smallest absolute Gasteiger partial charge is 0.262 e. The molecule has 17 heavy (non-hydrogen) atoms. The standard InChI is InChI=1S/C11H15NO3S2/c1-8-3-5-16-9(8)10(13)12-11(2)4-6-17(14,15)7-11/h3,5H,4,6-7H2,1-2H3,(H,12,13). The van der Waals surface area contributed by atoms with Gasteiger partial charge in [-0.2, -0.15) is 0 Å².